The topological polar surface area (TPSA) is 92.4 Å². The van der Waals surface area contributed by atoms with E-state index in [1.165, 1.54) is 6.92 Å². The Bertz CT molecular complexity index is 387. The summed E-state index contributed by atoms with van der Waals surface area (Å²) in [5, 5.41) is 11.4. The monoisotopic (exact) mass is 222 g/mol. The van der Waals surface area contributed by atoms with Crippen LogP contribution in [0.1, 0.15) is 17.3 Å². The molecular weight excluding hydrogens is 208 g/mol. The molecule has 4 N–H and O–H groups in total. The summed E-state index contributed by atoms with van der Waals surface area (Å²) in [6.07, 6.45) is 0. The zero-order valence-corrected chi connectivity index (χ0v) is 8.93. The van der Waals surface area contributed by atoms with E-state index in [9.17, 15) is 9.59 Å². The van der Waals surface area contributed by atoms with Crippen LogP contribution in [-0.2, 0) is 4.79 Å². The Hall–Kier alpha value is -1.88. The molecule has 1 amide bonds. The lowest BCUT2D eigenvalue weighted by molar-refractivity contribution is -0.119. The summed E-state index contributed by atoms with van der Waals surface area (Å²) in [7, 11) is 0. The van der Waals surface area contributed by atoms with Crippen LogP contribution in [0.25, 0.3) is 0 Å². The highest BCUT2D eigenvalue weighted by Crippen LogP contribution is 2.08. The van der Waals surface area contributed by atoms with Gasteiger partial charge in [-0.25, -0.2) is 0 Å². The quantitative estimate of drug-likeness (QED) is 0.492. The predicted octanol–water partition coefficient (Wildman–Crippen LogP) is -0.0515. The van der Waals surface area contributed by atoms with E-state index in [-0.39, 0.29) is 11.7 Å². The number of carbonyl (C=O) groups is 2. The number of hydrogen-bond acceptors (Lipinski definition) is 4. The second kappa shape index (κ2) is 5.27. The fourth-order valence-corrected chi connectivity index (χ4v) is 1.29. The Labute approximate surface area is 93.3 Å². The van der Waals surface area contributed by atoms with Crippen LogP contribution < -0.4 is 11.1 Å². The number of aliphatic hydroxyl groups is 1. The summed E-state index contributed by atoms with van der Waals surface area (Å²) in [6.45, 7) is 0.863. The van der Waals surface area contributed by atoms with Gasteiger partial charge in [0.15, 0.2) is 5.78 Å². The molecule has 0 saturated carbocycles. The molecule has 1 unspecified atom stereocenters. The van der Waals surface area contributed by atoms with E-state index in [0.717, 1.165) is 0 Å². The molecule has 0 aliphatic heterocycles. The van der Waals surface area contributed by atoms with Crippen LogP contribution in [0.5, 0.6) is 0 Å². The molecule has 1 aromatic carbocycles. The molecule has 5 nitrogen and oxygen atoms in total. The molecule has 0 aromatic heterocycles. The average molecular weight is 222 g/mol. The number of hydrogen-bond donors (Lipinski definition) is 3. The number of benzene rings is 1. The summed E-state index contributed by atoms with van der Waals surface area (Å²) >= 11 is 0. The van der Waals surface area contributed by atoms with Gasteiger partial charge >= 0.3 is 0 Å². The van der Waals surface area contributed by atoms with Gasteiger partial charge in [-0.3, -0.25) is 9.59 Å². The lowest BCUT2D eigenvalue weighted by Gasteiger charge is -2.13. The number of nitrogens with two attached hydrogens (primary N) is 1. The van der Waals surface area contributed by atoms with Crippen LogP contribution >= 0.6 is 0 Å². The van der Waals surface area contributed by atoms with E-state index in [0.29, 0.717) is 11.3 Å². The van der Waals surface area contributed by atoms with Gasteiger partial charge < -0.3 is 16.2 Å². The molecule has 0 aliphatic carbocycles. The minimum Gasteiger partial charge on any atom is -0.399 e. The molecule has 0 heterocycles. The molecule has 0 spiro atoms. The van der Waals surface area contributed by atoms with Crippen molar-refractivity contribution in [3.8, 4) is 0 Å². The number of anilines is 1. The maximum atomic E-state index is 11.8. The van der Waals surface area contributed by atoms with Gasteiger partial charge in [0.2, 0.25) is 5.91 Å². The number of amides is 1. The third kappa shape index (κ3) is 3.06. The Kier molecular flexibility index (Phi) is 4.02. The van der Waals surface area contributed by atoms with Crippen molar-refractivity contribution < 1.29 is 14.7 Å². The van der Waals surface area contributed by atoms with Crippen LogP contribution in [0.15, 0.2) is 24.3 Å². The number of nitrogen functional groups attached to an aromatic ring is 1. The van der Waals surface area contributed by atoms with Crippen molar-refractivity contribution in [2.45, 2.75) is 13.0 Å². The molecule has 0 saturated heterocycles. The van der Waals surface area contributed by atoms with Crippen LogP contribution in [-0.4, -0.2) is 29.4 Å². The summed E-state index contributed by atoms with van der Waals surface area (Å²) < 4.78 is 0. The fraction of sp³-hybridized carbons (Fsp3) is 0.273. The molecular formula is C11H14N2O3. The van der Waals surface area contributed by atoms with Crippen molar-refractivity contribution in [3.05, 3.63) is 29.8 Å². The zero-order valence-electron chi connectivity index (χ0n) is 8.93. The van der Waals surface area contributed by atoms with Gasteiger partial charge in [0.1, 0.15) is 6.04 Å². The van der Waals surface area contributed by atoms with Crippen LogP contribution in [0.2, 0.25) is 0 Å². The first-order chi connectivity index (χ1) is 7.54. The predicted molar refractivity (Wildman–Crippen MR) is 59.9 cm³/mol. The summed E-state index contributed by atoms with van der Waals surface area (Å²) in [6, 6.07) is 5.40. The summed E-state index contributed by atoms with van der Waals surface area (Å²) in [5.41, 5.74) is 6.44. The second-order valence-electron chi connectivity index (χ2n) is 3.42. The molecule has 0 radical (unpaired) electrons. The largest absolute Gasteiger partial charge is 0.399 e. The normalized spacial score (nSPS) is 11.9. The van der Waals surface area contributed by atoms with E-state index < -0.39 is 12.6 Å². The molecule has 1 rings (SSSR count). The Morgan fingerprint density at radius 2 is 1.94 bits per heavy atom. The standard InChI is InChI=1S/C11H14N2O3/c1-7(15)13-10(6-14)11(16)8-2-4-9(12)5-3-8/h2-5,10,14H,6,12H2,1H3,(H,13,15). The number of ketones is 1. The average Bonchev–Trinajstić information content (AvgIpc) is 2.25. The van der Waals surface area contributed by atoms with Gasteiger partial charge in [0.25, 0.3) is 0 Å². The number of nitrogens with one attached hydrogen (secondary N) is 1. The Balaban J connectivity index is 2.82. The highest BCUT2D eigenvalue weighted by Gasteiger charge is 2.19. The van der Waals surface area contributed by atoms with E-state index in [4.69, 9.17) is 10.8 Å². The number of carbonyl (C=O) groups excluding carboxylic acids is 2. The van der Waals surface area contributed by atoms with E-state index in [1.54, 1.807) is 24.3 Å². The van der Waals surface area contributed by atoms with Gasteiger partial charge in [-0.1, -0.05) is 0 Å². The number of rotatable bonds is 4. The summed E-state index contributed by atoms with van der Waals surface area (Å²) in [5.74, 6) is -0.694. The van der Waals surface area contributed by atoms with Gasteiger partial charge in [-0.15, -0.1) is 0 Å². The van der Waals surface area contributed by atoms with Crippen molar-refractivity contribution in [3.63, 3.8) is 0 Å². The molecule has 86 valence electrons. The molecule has 0 bridgehead atoms. The lowest BCUT2D eigenvalue weighted by atomic mass is 10.0. The van der Waals surface area contributed by atoms with Gasteiger partial charge in [-0.05, 0) is 24.3 Å². The summed E-state index contributed by atoms with van der Waals surface area (Å²) in [4.78, 5) is 22.6. The molecule has 5 heteroatoms. The molecule has 0 fully saturated rings. The number of Topliss-reactive ketones (excluding diaryl/α,β-unsaturated/α-hetero) is 1. The smallest absolute Gasteiger partial charge is 0.217 e. The maximum absolute atomic E-state index is 11.8. The maximum Gasteiger partial charge on any atom is 0.217 e. The first-order valence-corrected chi connectivity index (χ1v) is 4.82. The fourth-order valence-electron chi connectivity index (χ4n) is 1.29. The minimum absolute atomic E-state index is 0.335. The number of aliphatic hydroxyl groups excluding tert-OH is 1. The molecule has 0 aliphatic rings. The van der Waals surface area contributed by atoms with E-state index in [1.807, 2.05) is 0 Å². The third-order valence-electron chi connectivity index (χ3n) is 2.07. The van der Waals surface area contributed by atoms with Crippen molar-refractivity contribution in [1.29, 1.82) is 0 Å². The highest BCUT2D eigenvalue weighted by atomic mass is 16.3. The van der Waals surface area contributed by atoms with Crippen molar-refractivity contribution in [1.82, 2.24) is 5.32 Å². The van der Waals surface area contributed by atoms with Gasteiger partial charge in [0.05, 0.1) is 6.61 Å². The lowest BCUT2D eigenvalue weighted by Crippen LogP contribution is -2.42. The van der Waals surface area contributed by atoms with Gasteiger partial charge in [-0.2, -0.15) is 0 Å². The van der Waals surface area contributed by atoms with Crippen molar-refractivity contribution in [2.75, 3.05) is 12.3 Å². The zero-order chi connectivity index (χ0) is 12.1. The van der Waals surface area contributed by atoms with E-state index in [2.05, 4.69) is 5.32 Å². The van der Waals surface area contributed by atoms with Crippen molar-refractivity contribution in [2.24, 2.45) is 0 Å². The SMILES string of the molecule is CC(=O)NC(CO)C(=O)c1ccc(N)cc1. The Morgan fingerprint density at radius 3 is 2.38 bits per heavy atom. The van der Waals surface area contributed by atoms with Crippen LogP contribution in [0.3, 0.4) is 0 Å². The minimum atomic E-state index is -0.902. The third-order valence-corrected chi connectivity index (χ3v) is 2.07. The molecule has 1 aromatic rings. The molecule has 16 heavy (non-hydrogen) atoms. The highest BCUT2D eigenvalue weighted by molar-refractivity contribution is 6.02. The first-order valence-electron chi connectivity index (χ1n) is 4.82. The van der Waals surface area contributed by atoms with Crippen LogP contribution in [0.4, 0.5) is 5.69 Å². The first kappa shape index (κ1) is 12.2. The second-order valence-corrected chi connectivity index (χ2v) is 3.42. The molecule has 1 atom stereocenters. The van der Waals surface area contributed by atoms with Crippen molar-refractivity contribution >= 4 is 17.4 Å². The Morgan fingerprint density at radius 1 is 1.38 bits per heavy atom. The van der Waals surface area contributed by atoms with Crippen LogP contribution in [0, 0.1) is 0 Å². The van der Waals surface area contributed by atoms with E-state index >= 15 is 0 Å². The van der Waals surface area contributed by atoms with Gasteiger partial charge in [0, 0.05) is 18.2 Å².